The Labute approximate surface area is 129 Å². The fourth-order valence-corrected chi connectivity index (χ4v) is 3.30. The summed E-state index contributed by atoms with van der Waals surface area (Å²) in [7, 11) is 0. The number of benzene rings is 2. The van der Waals surface area contributed by atoms with Gasteiger partial charge in [0.2, 0.25) is 5.91 Å². The van der Waals surface area contributed by atoms with E-state index in [2.05, 4.69) is 41.8 Å². The molecule has 1 unspecified atom stereocenters. The van der Waals surface area contributed by atoms with Crippen LogP contribution in [-0.4, -0.2) is 12.5 Å². The molecule has 108 valence electrons. The largest absolute Gasteiger partial charge is 0.324 e. The second-order valence-corrected chi connectivity index (χ2v) is 6.19. The van der Waals surface area contributed by atoms with Crippen LogP contribution >= 0.6 is 11.8 Å². The molecule has 0 fully saturated rings. The monoisotopic (exact) mass is 298 g/mol. The number of anilines is 1. The molecule has 0 saturated carbocycles. The maximum absolute atomic E-state index is 12.0. The lowest BCUT2D eigenvalue weighted by molar-refractivity contribution is -0.117. The lowest BCUT2D eigenvalue weighted by atomic mass is 10.1. The summed E-state index contributed by atoms with van der Waals surface area (Å²) in [5.74, 6) is 0.0420. The van der Waals surface area contributed by atoms with E-state index in [1.807, 2.05) is 24.3 Å². The van der Waals surface area contributed by atoms with Crippen LogP contribution in [0.3, 0.4) is 0 Å². The Morgan fingerprint density at radius 2 is 1.95 bits per heavy atom. The number of rotatable bonds is 5. The van der Waals surface area contributed by atoms with Crippen LogP contribution in [0.2, 0.25) is 0 Å². The maximum atomic E-state index is 12.0. The van der Waals surface area contributed by atoms with Crippen LogP contribution in [0.25, 0.3) is 0 Å². The van der Waals surface area contributed by atoms with E-state index in [9.17, 15) is 4.79 Å². The Hall–Kier alpha value is -1.78. The summed E-state index contributed by atoms with van der Waals surface area (Å²) in [5.41, 5.74) is 1.97. The van der Waals surface area contributed by atoms with Gasteiger partial charge in [-0.15, -0.1) is 0 Å². The van der Waals surface area contributed by atoms with Crippen LogP contribution in [0.4, 0.5) is 5.69 Å². The number of hydrogen-bond donors (Lipinski definition) is 2. The van der Waals surface area contributed by atoms with Crippen LogP contribution in [0.1, 0.15) is 24.9 Å². The summed E-state index contributed by atoms with van der Waals surface area (Å²) in [6.07, 6.45) is 1.01. The van der Waals surface area contributed by atoms with Gasteiger partial charge in [-0.1, -0.05) is 43.0 Å². The van der Waals surface area contributed by atoms with Gasteiger partial charge in [-0.25, -0.2) is 0 Å². The number of amides is 1. The van der Waals surface area contributed by atoms with Gasteiger partial charge in [0, 0.05) is 21.0 Å². The van der Waals surface area contributed by atoms with Gasteiger partial charge < -0.3 is 10.6 Å². The van der Waals surface area contributed by atoms with Crippen molar-refractivity contribution in [1.29, 1.82) is 0 Å². The molecule has 3 rings (SSSR count). The summed E-state index contributed by atoms with van der Waals surface area (Å²) in [6, 6.07) is 16.2. The van der Waals surface area contributed by atoms with Gasteiger partial charge in [-0.3, -0.25) is 4.79 Å². The zero-order chi connectivity index (χ0) is 14.7. The first-order valence-corrected chi connectivity index (χ1v) is 8.00. The van der Waals surface area contributed by atoms with Gasteiger partial charge in [-0.05, 0) is 37.2 Å². The van der Waals surface area contributed by atoms with Crippen molar-refractivity contribution in [2.24, 2.45) is 0 Å². The van der Waals surface area contributed by atoms with E-state index < -0.39 is 0 Å². The number of carbonyl (C=O) groups excluding carboxylic acids is 1. The molecule has 21 heavy (non-hydrogen) atoms. The second-order valence-electron chi connectivity index (χ2n) is 5.04. The van der Waals surface area contributed by atoms with Gasteiger partial charge in [0.15, 0.2) is 0 Å². The smallest absolute Gasteiger partial charge is 0.246 e. The van der Waals surface area contributed by atoms with Crippen molar-refractivity contribution < 1.29 is 4.79 Å². The Morgan fingerprint density at radius 1 is 1.14 bits per heavy atom. The quantitative estimate of drug-likeness (QED) is 0.881. The van der Waals surface area contributed by atoms with Gasteiger partial charge in [-0.2, -0.15) is 0 Å². The topological polar surface area (TPSA) is 41.1 Å². The summed E-state index contributed by atoms with van der Waals surface area (Å²) in [4.78, 5) is 14.4. The molecule has 1 atom stereocenters. The summed E-state index contributed by atoms with van der Waals surface area (Å²) < 4.78 is 0. The molecule has 2 aromatic rings. The van der Waals surface area contributed by atoms with Crippen molar-refractivity contribution in [1.82, 2.24) is 5.32 Å². The first-order chi connectivity index (χ1) is 10.3. The van der Waals surface area contributed by atoms with Crippen LogP contribution < -0.4 is 10.6 Å². The first-order valence-electron chi connectivity index (χ1n) is 7.19. The molecule has 2 N–H and O–H groups in total. The predicted octanol–water partition coefficient (Wildman–Crippen LogP) is 3.83. The molecular weight excluding hydrogens is 280 g/mol. The van der Waals surface area contributed by atoms with E-state index >= 15 is 0 Å². The second kappa shape index (κ2) is 6.33. The number of fused-ring (bicyclic) bond motifs is 1. The van der Waals surface area contributed by atoms with Crippen molar-refractivity contribution in [3.63, 3.8) is 0 Å². The molecule has 1 aliphatic heterocycles. The number of hydrogen-bond acceptors (Lipinski definition) is 3. The Bertz CT molecular complexity index is 642. The van der Waals surface area contributed by atoms with E-state index in [1.165, 1.54) is 4.90 Å². The van der Waals surface area contributed by atoms with E-state index in [1.54, 1.807) is 11.8 Å². The molecule has 4 heteroatoms. The van der Waals surface area contributed by atoms with E-state index in [0.717, 1.165) is 29.1 Å². The van der Waals surface area contributed by atoms with E-state index in [4.69, 9.17) is 0 Å². The van der Waals surface area contributed by atoms with Crippen molar-refractivity contribution in [3.05, 3.63) is 54.1 Å². The van der Waals surface area contributed by atoms with Crippen molar-refractivity contribution in [2.75, 3.05) is 11.9 Å². The number of nitrogens with one attached hydrogen (secondary N) is 2. The van der Waals surface area contributed by atoms with Crippen LogP contribution in [-0.2, 0) is 4.79 Å². The predicted molar refractivity (Wildman–Crippen MR) is 86.7 cm³/mol. The molecule has 0 radical (unpaired) electrons. The van der Waals surface area contributed by atoms with Gasteiger partial charge in [0.05, 0.1) is 0 Å². The number of carbonyl (C=O) groups is 1. The normalized spacial score (nSPS) is 16.6. The highest BCUT2D eigenvalue weighted by atomic mass is 32.2. The fraction of sp³-hybridized carbons (Fsp3) is 0.235. The average molecular weight is 298 g/mol. The van der Waals surface area contributed by atoms with Crippen molar-refractivity contribution in [3.8, 4) is 0 Å². The zero-order valence-corrected chi connectivity index (χ0v) is 12.7. The van der Waals surface area contributed by atoms with Crippen LogP contribution in [0, 0.1) is 0 Å². The molecular formula is C17H18N2OS. The zero-order valence-electron chi connectivity index (χ0n) is 11.9. The summed E-state index contributed by atoms with van der Waals surface area (Å²) in [5, 5.41) is 6.26. The standard InChI is InChI=1S/C17H18N2OS/c1-2-10-18-16-14-9-8-13(11-15(14)19-17(16)20)21-12-6-4-3-5-7-12/h3-9,11,16,18H,2,10H2,1H3,(H,19,20). The van der Waals surface area contributed by atoms with Crippen molar-refractivity contribution in [2.45, 2.75) is 29.2 Å². The van der Waals surface area contributed by atoms with E-state index in [0.29, 0.717) is 0 Å². The fourth-order valence-electron chi connectivity index (χ4n) is 2.42. The maximum Gasteiger partial charge on any atom is 0.246 e. The molecule has 0 bridgehead atoms. The molecule has 3 nitrogen and oxygen atoms in total. The van der Waals surface area contributed by atoms with Crippen LogP contribution in [0.15, 0.2) is 58.3 Å². The minimum Gasteiger partial charge on any atom is -0.324 e. The Kier molecular flexibility index (Phi) is 4.27. The van der Waals surface area contributed by atoms with Gasteiger partial charge in [0.1, 0.15) is 6.04 Å². The molecule has 0 saturated heterocycles. The minimum absolute atomic E-state index is 0.0420. The van der Waals surface area contributed by atoms with Crippen LogP contribution in [0.5, 0.6) is 0 Å². The molecule has 2 aromatic carbocycles. The first kappa shape index (κ1) is 14.2. The summed E-state index contributed by atoms with van der Waals surface area (Å²) in [6.45, 7) is 2.94. The SMILES string of the molecule is CCCNC1C(=O)Nc2cc(Sc3ccccc3)ccc21. The highest BCUT2D eigenvalue weighted by Crippen LogP contribution is 2.36. The van der Waals surface area contributed by atoms with Crippen molar-refractivity contribution >= 4 is 23.4 Å². The third-order valence-electron chi connectivity index (χ3n) is 3.43. The van der Waals surface area contributed by atoms with E-state index in [-0.39, 0.29) is 11.9 Å². The minimum atomic E-state index is -0.212. The van der Waals surface area contributed by atoms with Gasteiger partial charge in [0.25, 0.3) is 0 Å². The molecule has 0 spiro atoms. The molecule has 1 aliphatic rings. The molecule has 0 aliphatic carbocycles. The Morgan fingerprint density at radius 3 is 2.71 bits per heavy atom. The third-order valence-corrected chi connectivity index (χ3v) is 4.43. The lowest BCUT2D eigenvalue weighted by Gasteiger charge is -2.10. The highest BCUT2D eigenvalue weighted by Gasteiger charge is 2.29. The average Bonchev–Trinajstić information content (AvgIpc) is 2.81. The Balaban J connectivity index is 1.80. The molecule has 0 aromatic heterocycles. The van der Waals surface area contributed by atoms with Gasteiger partial charge >= 0.3 is 0 Å². The molecule has 1 amide bonds. The summed E-state index contributed by atoms with van der Waals surface area (Å²) >= 11 is 1.70. The third kappa shape index (κ3) is 3.12. The highest BCUT2D eigenvalue weighted by molar-refractivity contribution is 7.99. The lowest BCUT2D eigenvalue weighted by Crippen LogP contribution is -2.27. The molecule has 1 heterocycles.